The lowest BCUT2D eigenvalue weighted by Gasteiger charge is -2.30. The largest absolute Gasteiger partial charge is 0.379 e. The summed E-state index contributed by atoms with van der Waals surface area (Å²) in [6, 6.07) is 8.13. The van der Waals surface area contributed by atoms with Gasteiger partial charge in [-0.2, -0.15) is 0 Å². The first-order valence-electron chi connectivity index (χ1n) is 9.80. The second-order valence-electron chi connectivity index (χ2n) is 7.94. The molecule has 1 aromatic rings. The summed E-state index contributed by atoms with van der Waals surface area (Å²) in [5.74, 6) is 0.668. The van der Waals surface area contributed by atoms with Gasteiger partial charge in [0.15, 0.2) is 5.96 Å². The van der Waals surface area contributed by atoms with E-state index in [0.29, 0.717) is 12.5 Å². The van der Waals surface area contributed by atoms with E-state index in [-0.39, 0.29) is 47.9 Å². The Hall–Kier alpha value is -1.35. The van der Waals surface area contributed by atoms with Crippen molar-refractivity contribution in [2.24, 2.45) is 10.4 Å². The normalized spacial score (nSPS) is 15.3. The highest BCUT2D eigenvalue weighted by molar-refractivity contribution is 14.0. The monoisotopic (exact) mass is 502 g/mol. The summed E-state index contributed by atoms with van der Waals surface area (Å²) in [4.78, 5) is 19.1. The summed E-state index contributed by atoms with van der Waals surface area (Å²) in [7, 11) is 1.72. The van der Waals surface area contributed by atoms with E-state index in [4.69, 9.17) is 4.74 Å². The number of hydrogen-bond acceptors (Lipinski definition) is 3. The Balaban J connectivity index is 0.00000392. The number of nitrogens with zero attached hydrogens (tertiary/aromatic N) is 2. The van der Waals surface area contributed by atoms with E-state index >= 15 is 0 Å². The van der Waals surface area contributed by atoms with E-state index < -0.39 is 0 Å². The molecule has 2 rings (SSSR count). The van der Waals surface area contributed by atoms with Crippen molar-refractivity contribution in [2.75, 3.05) is 38.2 Å². The molecule has 1 atom stereocenters. The van der Waals surface area contributed by atoms with E-state index in [1.807, 2.05) is 30.0 Å². The lowest BCUT2D eigenvalue weighted by molar-refractivity contribution is -0.117. The van der Waals surface area contributed by atoms with E-state index in [2.05, 4.69) is 42.5 Å². The fourth-order valence-electron chi connectivity index (χ4n) is 3.30. The number of ether oxygens (including phenoxy) is 1. The number of methoxy groups -OCH3 is 1. The summed E-state index contributed by atoms with van der Waals surface area (Å²) >= 11 is 0. The van der Waals surface area contributed by atoms with Gasteiger partial charge in [-0.05, 0) is 36.8 Å². The maximum Gasteiger partial charge on any atom is 0.248 e. The third-order valence-electron chi connectivity index (χ3n) is 4.83. The number of rotatable bonds is 6. The van der Waals surface area contributed by atoms with Crippen LogP contribution in [0.5, 0.6) is 0 Å². The Morgan fingerprint density at radius 3 is 2.64 bits per heavy atom. The van der Waals surface area contributed by atoms with Crippen LogP contribution in [0.2, 0.25) is 0 Å². The number of anilines is 1. The number of benzene rings is 1. The first-order chi connectivity index (χ1) is 12.9. The standard InChI is InChI=1S/C21H34N4O2.HI/c1-6-22-20(23-14-18(27-5)21(2,3)4)24-15-19(26)25-13-9-11-16-10-7-8-12-17(16)25;/h7-8,10,12,18H,6,9,11,13-15H2,1-5H3,(H2,22,23,24);1H. The smallest absolute Gasteiger partial charge is 0.248 e. The van der Waals surface area contributed by atoms with Crippen molar-refractivity contribution in [1.29, 1.82) is 0 Å². The fraction of sp³-hybridized carbons (Fsp3) is 0.619. The van der Waals surface area contributed by atoms with Gasteiger partial charge in [-0.1, -0.05) is 39.0 Å². The summed E-state index contributed by atoms with van der Waals surface area (Å²) in [5.41, 5.74) is 2.28. The molecular formula is C21H35IN4O2. The molecule has 1 unspecified atom stereocenters. The molecule has 0 radical (unpaired) electrons. The van der Waals surface area contributed by atoms with Crippen LogP contribution in [0.25, 0.3) is 0 Å². The number of carbonyl (C=O) groups excluding carboxylic acids is 1. The highest BCUT2D eigenvalue weighted by Crippen LogP contribution is 2.26. The second-order valence-corrected chi connectivity index (χ2v) is 7.94. The number of nitrogens with one attached hydrogen (secondary N) is 2. The lowest BCUT2D eigenvalue weighted by Crippen LogP contribution is -2.46. The number of fused-ring (bicyclic) bond motifs is 1. The summed E-state index contributed by atoms with van der Waals surface area (Å²) in [6.07, 6.45) is 2.07. The molecule has 1 aliphatic heterocycles. The maximum atomic E-state index is 12.8. The van der Waals surface area contributed by atoms with Gasteiger partial charge in [0, 0.05) is 32.4 Å². The van der Waals surface area contributed by atoms with Crippen LogP contribution in [0.3, 0.4) is 0 Å². The fourth-order valence-corrected chi connectivity index (χ4v) is 3.30. The van der Waals surface area contributed by atoms with Crippen molar-refractivity contribution >= 4 is 41.5 Å². The zero-order valence-corrected chi connectivity index (χ0v) is 20.1. The average Bonchev–Trinajstić information content (AvgIpc) is 2.64. The number of hydrogen-bond donors (Lipinski definition) is 2. The average molecular weight is 502 g/mol. The van der Waals surface area contributed by atoms with Crippen LogP contribution in [0.1, 0.15) is 39.7 Å². The molecule has 158 valence electrons. The van der Waals surface area contributed by atoms with Crippen LogP contribution >= 0.6 is 24.0 Å². The number of amides is 1. The first-order valence-corrected chi connectivity index (χ1v) is 9.80. The van der Waals surface area contributed by atoms with Crippen LogP contribution in [0.4, 0.5) is 5.69 Å². The zero-order valence-electron chi connectivity index (χ0n) is 17.7. The van der Waals surface area contributed by atoms with E-state index in [1.54, 1.807) is 7.11 Å². The number of halogens is 1. The summed E-state index contributed by atoms with van der Waals surface area (Å²) < 4.78 is 5.58. The Morgan fingerprint density at radius 2 is 2.00 bits per heavy atom. The van der Waals surface area contributed by atoms with E-state index in [0.717, 1.165) is 31.6 Å². The van der Waals surface area contributed by atoms with E-state index in [1.165, 1.54) is 5.56 Å². The lowest BCUT2D eigenvalue weighted by atomic mass is 9.89. The number of para-hydroxylation sites is 1. The molecule has 1 amide bonds. The highest BCUT2D eigenvalue weighted by atomic mass is 127. The van der Waals surface area contributed by atoms with Gasteiger partial charge in [-0.25, -0.2) is 4.99 Å². The third kappa shape index (κ3) is 6.92. The van der Waals surface area contributed by atoms with Crippen molar-refractivity contribution in [2.45, 2.75) is 46.6 Å². The van der Waals surface area contributed by atoms with Crippen LogP contribution < -0.4 is 15.5 Å². The van der Waals surface area contributed by atoms with Gasteiger partial charge >= 0.3 is 0 Å². The van der Waals surface area contributed by atoms with Gasteiger partial charge in [-0.15, -0.1) is 24.0 Å². The Kier molecular flexibility index (Phi) is 10.2. The van der Waals surface area contributed by atoms with E-state index in [9.17, 15) is 4.79 Å². The van der Waals surface area contributed by atoms with Gasteiger partial charge < -0.3 is 20.3 Å². The molecule has 1 heterocycles. The number of aryl methyl sites for hydroxylation is 1. The first kappa shape index (κ1) is 24.7. The second kappa shape index (κ2) is 11.6. The molecule has 0 saturated heterocycles. The molecule has 0 saturated carbocycles. The quantitative estimate of drug-likeness (QED) is 0.356. The predicted octanol–water partition coefficient (Wildman–Crippen LogP) is 3.20. The van der Waals surface area contributed by atoms with Gasteiger partial charge in [0.1, 0.15) is 6.54 Å². The Morgan fingerprint density at radius 1 is 1.29 bits per heavy atom. The number of guanidine groups is 1. The molecule has 0 bridgehead atoms. The number of aliphatic imine (C=N–C) groups is 1. The molecule has 2 N–H and O–H groups in total. The van der Waals surface area contributed by atoms with Crippen molar-refractivity contribution in [3.05, 3.63) is 29.8 Å². The Labute approximate surface area is 186 Å². The molecule has 0 fully saturated rings. The van der Waals surface area contributed by atoms with Crippen LogP contribution in [-0.2, 0) is 16.0 Å². The minimum absolute atomic E-state index is 0. The molecule has 1 aromatic carbocycles. The number of carbonyl (C=O) groups is 1. The van der Waals surface area contributed by atoms with Crippen molar-refractivity contribution < 1.29 is 9.53 Å². The van der Waals surface area contributed by atoms with Gasteiger partial charge in [0.2, 0.25) is 5.91 Å². The summed E-state index contributed by atoms with van der Waals surface area (Å²) in [6.45, 7) is 10.7. The molecule has 0 aromatic heterocycles. The van der Waals surface area contributed by atoms with Gasteiger partial charge in [-0.3, -0.25) is 4.79 Å². The van der Waals surface area contributed by atoms with Crippen molar-refractivity contribution in [3.63, 3.8) is 0 Å². The van der Waals surface area contributed by atoms with Crippen LogP contribution in [0, 0.1) is 5.41 Å². The SMILES string of the molecule is CCNC(=NCC(=O)N1CCCc2ccccc21)NCC(OC)C(C)(C)C.I. The molecule has 28 heavy (non-hydrogen) atoms. The minimum Gasteiger partial charge on any atom is -0.379 e. The molecule has 7 heteroatoms. The molecule has 6 nitrogen and oxygen atoms in total. The van der Waals surface area contributed by atoms with Crippen molar-refractivity contribution in [3.8, 4) is 0 Å². The van der Waals surface area contributed by atoms with Crippen molar-refractivity contribution in [1.82, 2.24) is 10.6 Å². The predicted molar refractivity (Wildman–Crippen MR) is 127 cm³/mol. The molecule has 0 aliphatic carbocycles. The Bertz CT molecular complexity index is 658. The molecule has 1 aliphatic rings. The van der Waals surface area contributed by atoms with Gasteiger partial charge in [0.25, 0.3) is 0 Å². The minimum atomic E-state index is 0. The maximum absolute atomic E-state index is 12.8. The third-order valence-corrected chi connectivity index (χ3v) is 4.83. The van der Waals surface area contributed by atoms with Crippen LogP contribution in [0.15, 0.2) is 29.3 Å². The molecule has 0 spiro atoms. The van der Waals surface area contributed by atoms with Crippen LogP contribution in [-0.4, -0.2) is 51.3 Å². The van der Waals surface area contributed by atoms with Gasteiger partial charge in [0.05, 0.1) is 6.10 Å². The molecular weight excluding hydrogens is 467 g/mol. The highest BCUT2D eigenvalue weighted by Gasteiger charge is 2.25. The summed E-state index contributed by atoms with van der Waals surface area (Å²) in [5, 5.41) is 6.50. The zero-order chi connectivity index (χ0) is 19.9. The topological polar surface area (TPSA) is 66.0 Å².